The van der Waals surface area contributed by atoms with Gasteiger partial charge in [-0.3, -0.25) is 0 Å². The number of aryl methyl sites for hydroxylation is 1. The van der Waals surface area contributed by atoms with Crippen molar-refractivity contribution in [3.63, 3.8) is 0 Å². The highest BCUT2D eigenvalue weighted by Crippen LogP contribution is 2.26. The number of hydrogen-bond donors (Lipinski definition) is 1. The van der Waals surface area contributed by atoms with Gasteiger partial charge in [-0.05, 0) is 43.7 Å². The molecule has 2 rings (SSSR count). The third-order valence-electron chi connectivity index (χ3n) is 3.63. The lowest BCUT2D eigenvalue weighted by atomic mass is 9.99. The number of rotatable bonds is 5. The van der Waals surface area contributed by atoms with Crippen molar-refractivity contribution in [3.8, 4) is 0 Å². The topological polar surface area (TPSA) is 49.2 Å². The maximum atomic E-state index is 9.19. The predicted octanol–water partition coefficient (Wildman–Crippen LogP) is 2.82. The van der Waals surface area contributed by atoms with Crippen molar-refractivity contribution in [3.05, 3.63) is 17.0 Å². The number of halogens is 1. The van der Waals surface area contributed by atoms with Gasteiger partial charge < -0.3 is 10.0 Å². The van der Waals surface area contributed by atoms with Crippen LogP contribution in [0.2, 0.25) is 5.28 Å². The predicted molar refractivity (Wildman–Crippen MR) is 77.7 cm³/mol. The lowest BCUT2D eigenvalue weighted by Gasteiger charge is -2.36. The first kappa shape index (κ1) is 14.5. The summed E-state index contributed by atoms with van der Waals surface area (Å²) < 4.78 is 0. The van der Waals surface area contributed by atoms with Gasteiger partial charge in [0.1, 0.15) is 5.82 Å². The van der Waals surface area contributed by atoms with Gasteiger partial charge >= 0.3 is 0 Å². The van der Waals surface area contributed by atoms with Crippen LogP contribution in [-0.4, -0.2) is 34.3 Å². The molecule has 1 aliphatic rings. The Morgan fingerprint density at radius 2 is 2.26 bits per heavy atom. The molecular weight excluding hydrogens is 262 g/mol. The zero-order chi connectivity index (χ0) is 13.7. The Bertz CT molecular complexity index is 412. The van der Waals surface area contributed by atoms with Crippen LogP contribution in [0, 0.1) is 0 Å². The number of aliphatic hydroxyl groups is 1. The smallest absolute Gasteiger partial charge is 0.224 e. The van der Waals surface area contributed by atoms with Gasteiger partial charge in [-0.15, -0.1) is 0 Å². The number of aromatic nitrogens is 2. The highest BCUT2D eigenvalue weighted by Gasteiger charge is 2.23. The highest BCUT2D eigenvalue weighted by atomic mass is 35.5. The molecule has 0 aliphatic carbocycles. The molecule has 0 saturated carbocycles. The molecule has 19 heavy (non-hydrogen) atoms. The largest absolute Gasteiger partial charge is 0.396 e. The molecule has 1 fully saturated rings. The van der Waals surface area contributed by atoms with E-state index in [0.29, 0.717) is 11.3 Å². The van der Waals surface area contributed by atoms with E-state index in [-0.39, 0.29) is 6.61 Å². The van der Waals surface area contributed by atoms with Crippen LogP contribution < -0.4 is 4.90 Å². The molecule has 5 heteroatoms. The van der Waals surface area contributed by atoms with Gasteiger partial charge in [0.05, 0.1) is 0 Å². The first-order chi connectivity index (χ1) is 9.24. The lowest BCUT2D eigenvalue weighted by molar-refractivity contribution is 0.262. The van der Waals surface area contributed by atoms with E-state index in [2.05, 4.69) is 21.8 Å². The summed E-state index contributed by atoms with van der Waals surface area (Å²) in [6.45, 7) is 3.34. The minimum atomic E-state index is 0.224. The van der Waals surface area contributed by atoms with Crippen molar-refractivity contribution in [1.82, 2.24) is 9.97 Å². The molecule has 1 aliphatic heterocycles. The van der Waals surface area contributed by atoms with Crippen molar-refractivity contribution in [1.29, 1.82) is 0 Å². The molecule has 4 nitrogen and oxygen atoms in total. The molecular formula is C14H22ClN3O. The van der Waals surface area contributed by atoms with Crippen molar-refractivity contribution in [2.75, 3.05) is 18.1 Å². The van der Waals surface area contributed by atoms with Gasteiger partial charge in [-0.25, -0.2) is 9.97 Å². The molecule has 1 saturated heterocycles. The van der Waals surface area contributed by atoms with Crippen molar-refractivity contribution in [2.45, 2.75) is 51.5 Å². The van der Waals surface area contributed by atoms with Gasteiger partial charge in [0, 0.05) is 31.0 Å². The second-order valence-electron chi connectivity index (χ2n) is 5.09. The Morgan fingerprint density at radius 1 is 1.42 bits per heavy atom. The molecule has 0 aromatic carbocycles. The zero-order valence-corrected chi connectivity index (χ0v) is 12.2. The van der Waals surface area contributed by atoms with E-state index in [1.807, 2.05) is 6.07 Å². The van der Waals surface area contributed by atoms with Crippen molar-refractivity contribution < 1.29 is 5.11 Å². The minimum absolute atomic E-state index is 0.224. The highest BCUT2D eigenvalue weighted by molar-refractivity contribution is 6.28. The first-order valence-electron chi connectivity index (χ1n) is 7.15. The van der Waals surface area contributed by atoms with Crippen molar-refractivity contribution >= 4 is 17.4 Å². The molecule has 0 bridgehead atoms. The van der Waals surface area contributed by atoms with Crippen LogP contribution in [0.5, 0.6) is 0 Å². The van der Waals surface area contributed by atoms with Gasteiger partial charge in [0.15, 0.2) is 0 Å². The van der Waals surface area contributed by atoms with E-state index >= 15 is 0 Å². The molecule has 1 aromatic rings. The van der Waals surface area contributed by atoms with Gasteiger partial charge in [0.25, 0.3) is 0 Å². The van der Waals surface area contributed by atoms with E-state index in [1.54, 1.807) is 0 Å². The summed E-state index contributed by atoms with van der Waals surface area (Å²) in [4.78, 5) is 10.9. The molecule has 0 amide bonds. The standard InChI is InChI=1S/C14H22ClN3O/c1-2-5-11-10-13(17-14(15)16-11)18-8-4-3-6-12(18)7-9-19/h10,12,19H,2-9H2,1H3. The number of hydrogen-bond acceptors (Lipinski definition) is 4. The molecule has 1 N–H and O–H groups in total. The van der Waals surface area contributed by atoms with Crippen molar-refractivity contribution in [2.24, 2.45) is 0 Å². The Hall–Kier alpha value is -0.870. The lowest BCUT2D eigenvalue weighted by Crippen LogP contribution is -2.40. The number of piperidine rings is 1. The summed E-state index contributed by atoms with van der Waals surface area (Å²) in [7, 11) is 0. The van der Waals surface area contributed by atoms with E-state index in [4.69, 9.17) is 11.6 Å². The Morgan fingerprint density at radius 3 is 3.00 bits per heavy atom. The molecule has 0 radical (unpaired) electrons. The monoisotopic (exact) mass is 283 g/mol. The summed E-state index contributed by atoms with van der Waals surface area (Å²) in [5.74, 6) is 0.918. The van der Waals surface area contributed by atoms with Crippen LogP contribution in [0.15, 0.2) is 6.07 Å². The molecule has 1 aromatic heterocycles. The summed E-state index contributed by atoms with van der Waals surface area (Å²) in [5.41, 5.74) is 1.01. The number of nitrogens with zero attached hydrogens (tertiary/aromatic N) is 3. The summed E-state index contributed by atoms with van der Waals surface area (Å²) in [5, 5.41) is 9.52. The molecule has 0 spiro atoms. The third-order valence-corrected chi connectivity index (χ3v) is 3.80. The number of aliphatic hydroxyl groups excluding tert-OH is 1. The van der Waals surface area contributed by atoms with Gasteiger partial charge in [0.2, 0.25) is 5.28 Å². The van der Waals surface area contributed by atoms with Crippen LogP contribution in [0.25, 0.3) is 0 Å². The average Bonchev–Trinajstić information content (AvgIpc) is 2.39. The van der Waals surface area contributed by atoms with Crippen LogP contribution in [0.3, 0.4) is 0 Å². The molecule has 1 atom stereocenters. The van der Waals surface area contributed by atoms with E-state index in [1.165, 1.54) is 12.8 Å². The normalized spacial score (nSPS) is 19.7. The SMILES string of the molecule is CCCc1cc(N2CCCCC2CCO)nc(Cl)n1. The average molecular weight is 284 g/mol. The summed E-state index contributed by atoms with van der Waals surface area (Å²) >= 11 is 6.03. The van der Waals surface area contributed by atoms with E-state index in [0.717, 1.165) is 43.7 Å². The maximum absolute atomic E-state index is 9.19. The number of anilines is 1. The van der Waals surface area contributed by atoms with Crippen LogP contribution in [0.1, 0.15) is 44.7 Å². The fraction of sp³-hybridized carbons (Fsp3) is 0.714. The fourth-order valence-electron chi connectivity index (χ4n) is 2.73. The molecule has 2 heterocycles. The third kappa shape index (κ3) is 3.80. The van der Waals surface area contributed by atoms with Gasteiger partial charge in [-0.2, -0.15) is 0 Å². The second-order valence-corrected chi connectivity index (χ2v) is 5.43. The van der Waals surface area contributed by atoms with Crippen LogP contribution in [0.4, 0.5) is 5.82 Å². The van der Waals surface area contributed by atoms with Crippen LogP contribution >= 0.6 is 11.6 Å². The second kappa shape index (κ2) is 7.06. The molecule has 106 valence electrons. The Balaban J connectivity index is 2.22. The maximum Gasteiger partial charge on any atom is 0.224 e. The fourth-order valence-corrected chi connectivity index (χ4v) is 2.93. The minimum Gasteiger partial charge on any atom is -0.396 e. The Kier molecular flexibility index (Phi) is 5.40. The summed E-state index contributed by atoms with van der Waals surface area (Å²) in [6.07, 6.45) is 6.28. The first-order valence-corrected chi connectivity index (χ1v) is 7.53. The quantitative estimate of drug-likeness (QED) is 0.844. The Labute approximate surface area is 119 Å². The molecule has 1 unspecified atom stereocenters. The van der Waals surface area contributed by atoms with E-state index < -0.39 is 0 Å². The summed E-state index contributed by atoms with van der Waals surface area (Å²) in [6, 6.07) is 2.42. The van der Waals surface area contributed by atoms with E-state index in [9.17, 15) is 5.11 Å². The van der Waals surface area contributed by atoms with Crippen LogP contribution in [-0.2, 0) is 6.42 Å². The van der Waals surface area contributed by atoms with Gasteiger partial charge in [-0.1, -0.05) is 13.3 Å². The zero-order valence-electron chi connectivity index (χ0n) is 11.5.